The van der Waals surface area contributed by atoms with Crippen LogP contribution in [0.2, 0.25) is 0 Å². The van der Waals surface area contributed by atoms with Crippen LogP contribution in [0.3, 0.4) is 0 Å². The molecule has 1 aromatic heterocycles. The van der Waals surface area contributed by atoms with Gasteiger partial charge < -0.3 is 25.7 Å². The second-order valence-electron chi connectivity index (χ2n) is 4.46. The average Bonchev–Trinajstić information content (AvgIpc) is 2.65. The van der Waals surface area contributed by atoms with Gasteiger partial charge in [0.1, 0.15) is 5.60 Å². The monoisotopic (exact) mass is 253 g/mol. The number of nitrogens with one attached hydrogen (secondary N) is 2. The summed E-state index contributed by atoms with van der Waals surface area (Å²) in [6.45, 7) is 1.25. The van der Waals surface area contributed by atoms with Crippen molar-refractivity contribution in [2.45, 2.75) is 12.5 Å². The second kappa shape index (κ2) is 4.35. The number of nitrogens with two attached hydrogens (primary N) is 1. The Hall–Kier alpha value is -1.99. The third-order valence-corrected chi connectivity index (χ3v) is 2.59. The number of rotatable bonds is 4. The zero-order valence-electron chi connectivity index (χ0n) is 9.86. The van der Waals surface area contributed by atoms with E-state index in [-0.39, 0.29) is 13.2 Å². The smallest absolute Gasteiger partial charge is 0.408 e. The number of aromatic amines is 1. The maximum atomic E-state index is 11.0. The Morgan fingerprint density at radius 1 is 1.56 bits per heavy atom. The van der Waals surface area contributed by atoms with Crippen LogP contribution >= 0.6 is 0 Å². The largest absolute Gasteiger partial charge is 0.417 e. The van der Waals surface area contributed by atoms with E-state index in [1.165, 1.54) is 13.0 Å². The van der Waals surface area contributed by atoms with Crippen molar-refractivity contribution in [1.29, 1.82) is 0 Å². The molecule has 18 heavy (non-hydrogen) atoms. The highest BCUT2D eigenvalue weighted by molar-refractivity contribution is 5.85. The first-order chi connectivity index (χ1) is 8.41. The van der Waals surface area contributed by atoms with E-state index >= 15 is 0 Å². The second-order valence-corrected chi connectivity index (χ2v) is 4.46. The minimum Gasteiger partial charge on any atom is -0.408 e. The molecule has 0 fully saturated rings. The first-order valence-corrected chi connectivity index (χ1v) is 5.41. The lowest BCUT2D eigenvalue weighted by Gasteiger charge is -2.21. The van der Waals surface area contributed by atoms with E-state index in [0.717, 1.165) is 0 Å². The Bertz CT molecular complexity index is 614. The number of H-pyrrole nitrogens is 1. The molecule has 6 N–H and O–H groups in total. The molecule has 1 heterocycles. The number of aliphatic hydroxyl groups is 2. The minimum absolute atomic E-state index is 0.126. The molecule has 0 saturated heterocycles. The molecule has 0 amide bonds. The molecular formula is C11H15N3O4. The Morgan fingerprint density at radius 3 is 2.94 bits per heavy atom. The highest BCUT2D eigenvalue weighted by Crippen LogP contribution is 2.24. The SMILES string of the molecule is CC(O)(CO)CNc1cc2[nH]c(=O)oc2cc1N. The summed E-state index contributed by atoms with van der Waals surface area (Å²) in [6, 6.07) is 3.13. The van der Waals surface area contributed by atoms with E-state index in [1.54, 1.807) is 6.07 Å². The first-order valence-electron chi connectivity index (χ1n) is 5.41. The van der Waals surface area contributed by atoms with Gasteiger partial charge in [0.2, 0.25) is 0 Å². The number of aromatic nitrogens is 1. The van der Waals surface area contributed by atoms with Gasteiger partial charge in [-0.3, -0.25) is 4.98 Å². The topological polar surface area (TPSA) is 125 Å². The number of hydrogen-bond donors (Lipinski definition) is 5. The van der Waals surface area contributed by atoms with Crippen LogP contribution in [-0.2, 0) is 0 Å². The summed E-state index contributed by atoms with van der Waals surface area (Å²) in [4.78, 5) is 13.5. The fourth-order valence-corrected chi connectivity index (χ4v) is 1.51. The van der Waals surface area contributed by atoms with Crippen molar-refractivity contribution < 1.29 is 14.6 Å². The molecule has 0 aliphatic carbocycles. The average molecular weight is 253 g/mol. The predicted octanol–water partition coefficient (Wildman–Crippen LogP) is -0.142. The van der Waals surface area contributed by atoms with Crippen molar-refractivity contribution in [2.24, 2.45) is 0 Å². The van der Waals surface area contributed by atoms with Crippen LogP contribution < -0.4 is 16.8 Å². The summed E-state index contributed by atoms with van der Waals surface area (Å²) in [7, 11) is 0. The number of benzene rings is 1. The third-order valence-electron chi connectivity index (χ3n) is 2.59. The van der Waals surface area contributed by atoms with E-state index < -0.39 is 11.4 Å². The molecule has 0 radical (unpaired) electrons. The van der Waals surface area contributed by atoms with Gasteiger partial charge in [0.25, 0.3) is 0 Å². The van der Waals surface area contributed by atoms with Crippen molar-refractivity contribution in [3.05, 3.63) is 22.7 Å². The lowest BCUT2D eigenvalue weighted by atomic mass is 10.1. The van der Waals surface area contributed by atoms with Crippen molar-refractivity contribution >= 4 is 22.5 Å². The highest BCUT2D eigenvalue weighted by Gasteiger charge is 2.19. The fraction of sp³-hybridized carbons (Fsp3) is 0.364. The fourth-order valence-electron chi connectivity index (χ4n) is 1.51. The quantitative estimate of drug-likeness (QED) is 0.483. The number of aliphatic hydroxyl groups excluding tert-OH is 1. The molecule has 0 aliphatic rings. The van der Waals surface area contributed by atoms with Crippen LogP contribution in [0.5, 0.6) is 0 Å². The molecule has 0 aliphatic heterocycles. The number of anilines is 2. The summed E-state index contributed by atoms with van der Waals surface area (Å²) in [5.41, 5.74) is 6.36. The van der Waals surface area contributed by atoms with Gasteiger partial charge in [-0.25, -0.2) is 4.79 Å². The van der Waals surface area contributed by atoms with Crippen molar-refractivity contribution in [1.82, 2.24) is 4.98 Å². The Kier molecular flexibility index (Phi) is 3.02. The summed E-state index contributed by atoms with van der Waals surface area (Å²) < 4.78 is 4.86. The van der Waals surface area contributed by atoms with E-state index in [0.29, 0.717) is 22.5 Å². The van der Waals surface area contributed by atoms with Gasteiger partial charge in [-0.05, 0) is 13.0 Å². The molecular weight excluding hydrogens is 238 g/mol. The van der Waals surface area contributed by atoms with Crippen LogP contribution in [0.15, 0.2) is 21.3 Å². The third kappa shape index (κ3) is 2.47. The van der Waals surface area contributed by atoms with Crippen LogP contribution in [-0.4, -0.2) is 33.9 Å². The van der Waals surface area contributed by atoms with Crippen molar-refractivity contribution in [3.8, 4) is 0 Å². The van der Waals surface area contributed by atoms with Gasteiger partial charge in [0.15, 0.2) is 5.58 Å². The number of fused-ring (bicyclic) bond motifs is 1. The summed E-state index contributed by atoms with van der Waals surface area (Å²) in [5, 5.41) is 21.5. The van der Waals surface area contributed by atoms with Gasteiger partial charge >= 0.3 is 5.76 Å². The maximum Gasteiger partial charge on any atom is 0.417 e. The van der Waals surface area contributed by atoms with Gasteiger partial charge in [0, 0.05) is 12.6 Å². The van der Waals surface area contributed by atoms with E-state index in [4.69, 9.17) is 15.3 Å². The summed E-state index contributed by atoms with van der Waals surface area (Å²) in [6.07, 6.45) is 0. The molecule has 0 saturated carbocycles. The predicted molar refractivity (Wildman–Crippen MR) is 67.4 cm³/mol. The molecule has 2 aromatic rings. The molecule has 0 bridgehead atoms. The number of nitrogen functional groups attached to an aromatic ring is 1. The zero-order chi connectivity index (χ0) is 13.3. The number of hydrogen-bond acceptors (Lipinski definition) is 6. The molecule has 7 heteroatoms. The van der Waals surface area contributed by atoms with Crippen molar-refractivity contribution in [3.63, 3.8) is 0 Å². The van der Waals surface area contributed by atoms with Crippen LogP contribution in [0.25, 0.3) is 11.1 Å². The molecule has 1 atom stereocenters. The van der Waals surface area contributed by atoms with Crippen LogP contribution in [0.4, 0.5) is 11.4 Å². The minimum atomic E-state index is -1.24. The summed E-state index contributed by atoms with van der Waals surface area (Å²) >= 11 is 0. The number of oxazole rings is 1. The van der Waals surface area contributed by atoms with Gasteiger partial charge in [0.05, 0.1) is 23.5 Å². The molecule has 2 rings (SSSR count). The van der Waals surface area contributed by atoms with Crippen LogP contribution in [0.1, 0.15) is 6.92 Å². The van der Waals surface area contributed by atoms with Gasteiger partial charge in [-0.1, -0.05) is 0 Å². The zero-order valence-corrected chi connectivity index (χ0v) is 9.86. The lowest BCUT2D eigenvalue weighted by molar-refractivity contribution is 0.0132. The first kappa shape index (κ1) is 12.5. The Balaban J connectivity index is 2.28. The summed E-state index contributed by atoms with van der Waals surface area (Å²) in [5.74, 6) is -0.552. The molecule has 1 aromatic carbocycles. The van der Waals surface area contributed by atoms with E-state index in [2.05, 4.69) is 10.3 Å². The standard InChI is InChI=1S/C11H15N3O4/c1-11(17,5-15)4-13-7-3-8-9(2-6(7)12)18-10(16)14-8/h2-3,13,15,17H,4-5,12H2,1H3,(H,14,16). The van der Waals surface area contributed by atoms with E-state index in [9.17, 15) is 9.90 Å². The maximum absolute atomic E-state index is 11.0. The Morgan fingerprint density at radius 2 is 2.28 bits per heavy atom. The Labute approximate surface area is 102 Å². The van der Waals surface area contributed by atoms with Gasteiger partial charge in [-0.15, -0.1) is 0 Å². The van der Waals surface area contributed by atoms with Gasteiger partial charge in [-0.2, -0.15) is 0 Å². The highest BCUT2D eigenvalue weighted by atomic mass is 16.4. The molecule has 0 spiro atoms. The lowest BCUT2D eigenvalue weighted by Crippen LogP contribution is -2.37. The van der Waals surface area contributed by atoms with Crippen molar-refractivity contribution in [2.75, 3.05) is 24.2 Å². The molecule has 1 unspecified atom stereocenters. The normalized spacial score (nSPS) is 14.6. The van der Waals surface area contributed by atoms with E-state index in [1.807, 2.05) is 0 Å². The molecule has 98 valence electrons. The molecule has 7 nitrogen and oxygen atoms in total. The van der Waals surface area contributed by atoms with Crippen LogP contribution in [0, 0.1) is 0 Å².